The molecule has 0 rings (SSSR count). The zero-order valence-corrected chi connectivity index (χ0v) is 52.6. The average Bonchev–Trinajstić information content (AvgIpc) is 3.45. The van der Waals surface area contributed by atoms with Gasteiger partial charge in [0.15, 0.2) is 6.10 Å². The van der Waals surface area contributed by atoms with E-state index in [1.54, 1.807) is 0 Å². The number of carbonyl (C=O) groups excluding carboxylic acids is 3. The lowest BCUT2D eigenvalue weighted by Crippen LogP contribution is -2.30. The number of unbranched alkanes of at least 4 members (excludes halogenated alkanes) is 40. The summed E-state index contributed by atoms with van der Waals surface area (Å²) in [6.45, 7) is 6.56. The molecule has 79 heavy (non-hydrogen) atoms. The van der Waals surface area contributed by atoms with Gasteiger partial charge in [0.05, 0.1) is 0 Å². The Balaban J connectivity index is 4.31. The predicted octanol–water partition coefficient (Wildman–Crippen LogP) is 23.7. The maximum atomic E-state index is 12.9. The number of hydrogen-bond acceptors (Lipinski definition) is 6. The Bertz CT molecular complexity index is 1450. The van der Waals surface area contributed by atoms with E-state index in [0.29, 0.717) is 19.3 Å². The number of allylic oxidation sites excluding steroid dienone is 12. The topological polar surface area (TPSA) is 78.9 Å². The van der Waals surface area contributed by atoms with Crippen molar-refractivity contribution < 1.29 is 28.6 Å². The highest BCUT2D eigenvalue weighted by Gasteiger charge is 2.19. The van der Waals surface area contributed by atoms with Crippen molar-refractivity contribution in [3.05, 3.63) is 72.9 Å². The van der Waals surface area contributed by atoms with Crippen molar-refractivity contribution in [2.75, 3.05) is 13.2 Å². The van der Waals surface area contributed by atoms with Crippen LogP contribution < -0.4 is 0 Å². The molecule has 0 aromatic carbocycles. The van der Waals surface area contributed by atoms with E-state index in [9.17, 15) is 14.4 Å². The van der Waals surface area contributed by atoms with Gasteiger partial charge < -0.3 is 14.2 Å². The van der Waals surface area contributed by atoms with Crippen LogP contribution in [0.4, 0.5) is 0 Å². The van der Waals surface area contributed by atoms with Gasteiger partial charge in [-0.3, -0.25) is 14.4 Å². The van der Waals surface area contributed by atoms with Gasteiger partial charge in [0.25, 0.3) is 0 Å². The van der Waals surface area contributed by atoms with Crippen molar-refractivity contribution in [3.8, 4) is 0 Å². The molecule has 458 valence electrons. The van der Waals surface area contributed by atoms with Crippen LogP contribution >= 0.6 is 0 Å². The van der Waals surface area contributed by atoms with Gasteiger partial charge in [-0.2, -0.15) is 0 Å². The third-order valence-electron chi connectivity index (χ3n) is 15.2. The second kappa shape index (κ2) is 67.4. The smallest absolute Gasteiger partial charge is 0.306 e. The third-order valence-corrected chi connectivity index (χ3v) is 15.2. The molecule has 1 atom stereocenters. The molecule has 1 unspecified atom stereocenters. The molecule has 0 spiro atoms. The molecule has 0 saturated carbocycles. The fraction of sp³-hybridized carbons (Fsp3) is 0.795. The first kappa shape index (κ1) is 75.8. The van der Waals surface area contributed by atoms with Gasteiger partial charge in [-0.15, -0.1) is 0 Å². The van der Waals surface area contributed by atoms with Gasteiger partial charge in [-0.05, 0) is 70.6 Å². The second-order valence-corrected chi connectivity index (χ2v) is 23.1. The fourth-order valence-corrected chi connectivity index (χ4v) is 10.1. The van der Waals surface area contributed by atoms with Gasteiger partial charge in [-0.25, -0.2) is 0 Å². The lowest BCUT2D eigenvalue weighted by Gasteiger charge is -2.18. The number of esters is 3. The molecule has 6 nitrogen and oxygen atoms in total. The highest BCUT2D eigenvalue weighted by molar-refractivity contribution is 5.71. The van der Waals surface area contributed by atoms with Crippen LogP contribution in [-0.4, -0.2) is 37.2 Å². The van der Waals surface area contributed by atoms with Gasteiger partial charge in [0.1, 0.15) is 13.2 Å². The van der Waals surface area contributed by atoms with Crippen LogP contribution in [0.25, 0.3) is 0 Å². The SMILES string of the molecule is CC/C=C\C/C=C\C/C=C\C/C=C\C/C=C\C/C=C\CCCCCCC(=O)OC(COC(=O)CCCCCCCCCCCCCCC)COC(=O)CCCCCCCCCCCCCCCCCCCCCCCCCCC. The fourth-order valence-electron chi connectivity index (χ4n) is 10.1. The second-order valence-electron chi connectivity index (χ2n) is 23.1. The van der Waals surface area contributed by atoms with E-state index in [1.165, 1.54) is 205 Å². The number of rotatable bonds is 63. The molecule has 0 aromatic rings. The third kappa shape index (κ3) is 65.5. The van der Waals surface area contributed by atoms with E-state index in [2.05, 4.69) is 93.7 Å². The van der Waals surface area contributed by atoms with Crippen LogP contribution in [0.15, 0.2) is 72.9 Å². The first-order valence-corrected chi connectivity index (χ1v) is 34.4. The minimum Gasteiger partial charge on any atom is -0.462 e. The molecule has 0 aliphatic heterocycles. The number of hydrogen-bond donors (Lipinski definition) is 0. The summed E-state index contributed by atoms with van der Waals surface area (Å²) in [5, 5.41) is 0. The van der Waals surface area contributed by atoms with E-state index in [0.717, 1.165) is 109 Å². The molecule has 0 saturated heterocycles. The van der Waals surface area contributed by atoms with Crippen LogP contribution in [0.1, 0.15) is 355 Å². The average molecular weight is 1100 g/mol. The van der Waals surface area contributed by atoms with Gasteiger partial charge in [0.2, 0.25) is 0 Å². The zero-order valence-electron chi connectivity index (χ0n) is 52.6. The monoisotopic (exact) mass is 1100 g/mol. The summed E-state index contributed by atoms with van der Waals surface area (Å²) in [6.07, 6.45) is 87.8. The van der Waals surface area contributed by atoms with E-state index < -0.39 is 6.10 Å². The highest BCUT2D eigenvalue weighted by Crippen LogP contribution is 2.18. The first-order chi connectivity index (χ1) is 39.0. The summed E-state index contributed by atoms with van der Waals surface area (Å²) < 4.78 is 17.0. The molecular weight excluding hydrogens is 973 g/mol. The molecule has 0 aromatic heterocycles. The minimum absolute atomic E-state index is 0.0814. The van der Waals surface area contributed by atoms with Crippen LogP contribution in [0.5, 0.6) is 0 Å². The van der Waals surface area contributed by atoms with Gasteiger partial charge in [-0.1, -0.05) is 338 Å². The Morgan fingerprint density at radius 2 is 0.494 bits per heavy atom. The summed E-state index contributed by atoms with van der Waals surface area (Å²) in [6, 6.07) is 0. The van der Waals surface area contributed by atoms with Crippen molar-refractivity contribution in [1.82, 2.24) is 0 Å². The zero-order chi connectivity index (χ0) is 57.1. The Hall–Kier alpha value is -3.15. The van der Waals surface area contributed by atoms with Crippen LogP contribution in [0, 0.1) is 0 Å². The highest BCUT2D eigenvalue weighted by atomic mass is 16.6. The maximum Gasteiger partial charge on any atom is 0.306 e. The van der Waals surface area contributed by atoms with E-state index in [-0.39, 0.29) is 31.1 Å². The summed E-state index contributed by atoms with van der Waals surface area (Å²) in [5.74, 6) is -0.885. The molecule has 6 heteroatoms. The molecule has 0 bridgehead atoms. The summed E-state index contributed by atoms with van der Waals surface area (Å²) in [4.78, 5) is 38.4. The lowest BCUT2D eigenvalue weighted by atomic mass is 10.0. The van der Waals surface area contributed by atoms with Crippen LogP contribution in [-0.2, 0) is 28.6 Å². The van der Waals surface area contributed by atoms with Crippen molar-refractivity contribution >= 4 is 17.9 Å². The van der Waals surface area contributed by atoms with Gasteiger partial charge in [0, 0.05) is 19.3 Å². The van der Waals surface area contributed by atoms with E-state index >= 15 is 0 Å². The number of carbonyl (C=O) groups is 3. The normalized spacial score (nSPS) is 12.5. The van der Waals surface area contributed by atoms with E-state index in [1.807, 2.05) is 0 Å². The standard InChI is InChI=1S/C73H130O6/c1-4-7-10-13-16-19-22-25-27-29-31-33-35-36-38-39-41-43-45-48-51-54-57-60-63-66-72(75)78-69-70(68-77-71(74)65-62-59-56-53-50-47-24-21-18-15-12-9-6-3)79-73(76)67-64-61-58-55-52-49-46-44-42-40-37-34-32-30-28-26-23-20-17-14-11-8-5-2/h8,11,17,20,26,28,32,34,40,42,46,49,70H,4-7,9-10,12-16,18-19,21-25,27,29-31,33,35-39,41,43-45,47-48,50-69H2,1-3H3/b11-8-,20-17-,28-26-,34-32-,42-40-,49-46-. The van der Waals surface area contributed by atoms with Crippen molar-refractivity contribution in [3.63, 3.8) is 0 Å². The molecule has 0 fully saturated rings. The first-order valence-electron chi connectivity index (χ1n) is 34.4. The Kier molecular flexibility index (Phi) is 64.7. The van der Waals surface area contributed by atoms with Crippen LogP contribution in [0.3, 0.4) is 0 Å². The van der Waals surface area contributed by atoms with E-state index in [4.69, 9.17) is 14.2 Å². The van der Waals surface area contributed by atoms with Crippen LogP contribution in [0.2, 0.25) is 0 Å². The Morgan fingerprint density at radius 3 is 0.772 bits per heavy atom. The summed E-state index contributed by atoms with van der Waals surface area (Å²) in [5.41, 5.74) is 0. The van der Waals surface area contributed by atoms with Gasteiger partial charge >= 0.3 is 17.9 Å². The molecule has 0 radical (unpaired) electrons. The molecule has 0 heterocycles. The molecule has 0 aliphatic rings. The van der Waals surface area contributed by atoms with Crippen molar-refractivity contribution in [1.29, 1.82) is 0 Å². The molecule has 0 amide bonds. The largest absolute Gasteiger partial charge is 0.462 e. The Morgan fingerprint density at radius 1 is 0.266 bits per heavy atom. The predicted molar refractivity (Wildman–Crippen MR) is 344 cm³/mol. The quantitative estimate of drug-likeness (QED) is 0.0261. The van der Waals surface area contributed by atoms with Crippen molar-refractivity contribution in [2.24, 2.45) is 0 Å². The minimum atomic E-state index is -0.788. The molecule has 0 aliphatic carbocycles. The Labute approximate surface area is 491 Å². The summed E-state index contributed by atoms with van der Waals surface area (Å²) >= 11 is 0. The summed E-state index contributed by atoms with van der Waals surface area (Å²) in [7, 11) is 0. The molecule has 0 N–H and O–H groups in total. The molecular formula is C73H130O6. The lowest BCUT2D eigenvalue weighted by molar-refractivity contribution is -0.167. The maximum absolute atomic E-state index is 12.9. The van der Waals surface area contributed by atoms with Crippen molar-refractivity contribution in [2.45, 2.75) is 361 Å². The number of ether oxygens (including phenoxy) is 3.